The fourth-order valence-corrected chi connectivity index (χ4v) is 1.66. The maximum atomic E-state index is 11.8. The maximum absolute atomic E-state index is 11.8. The molecular formula is C12H17BrN2O3. The number of carbonyl (C=O) groups excluding carboxylic acids is 1. The number of aliphatic hydroxyl groups is 1. The van der Waals surface area contributed by atoms with E-state index in [9.17, 15) is 9.90 Å². The predicted octanol–water partition coefficient (Wildman–Crippen LogP) is 1.92. The Bertz CT molecular complexity index is 383. The van der Waals surface area contributed by atoms with E-state index in [4.69, 9.17) is 4.74 Å². The summed E-state index contributed by atoms with van der Waals surface area (Å²) in [4.78, 5) is 13.2. The molecule has 2 amide bonds. The molecular weight excluding hydrogens is 300 g/mol. The normalized spacial score (nSPS) is 12.0. The summed E-state index contributed by atoms with van der Waals surface area (Å²) in [5, 5.41) is 12.2. The first-order valence-corrected chi connectivity index (χ1v) is 6.27. The molecule has 0 bridgehead atoms. The molecule has 0 aliphatic carbocycles. The number of nitrogens with zero attached hydrogens (tertiary/aromatic N) is 1. The molecule has 0 heterocycles. The van der Waals surface area contributed by atoms with Gasteiger partial charge in [-0.2, -0.15) is 0 Å². The van der Waals surface area contributed by atoms with Crippen molar-refractivity contribution in [1.29, 1.82) is 0 Å². The van der Waals surface area contributed by atoms with Gasteiger partial charge in [0.2, 0.25) is 0 Å². The van der Waals surface area contributed by atoms with Crippen molar-refractivity contribution in [3.8, 4) is 0 Å². The van der Waals surface area contributed by atoms with E-state index in [2.05, 4.69) is 21.2 Å². The smallest absolute Gasteiger partial charge is 0.321 e. The van der Waals surface area contributed by atoms with E-state index >= 15 is 0 Å². The molecule has 5 nitrogen and oxygen atoms in total. The van der Waals surface area contributed by atoms with Crippen molar-refractivity contribution in [2.75, 3.05) is 32.6 Å². The third-order valence-corrected chi connectivity index (χ3v) is 2.81. The first kappa shape index (κ1) is 14.9. The summed E-state index contributed by atoms with van der Waals surface area (Å²) in [6.07, 6.45) is -0.685. The molecule has 1 unspecified atom stereocenters. The van der Waals surface area contributed by atoms with E-state index in [1.807, 2.05) is 12.1 Å². The highest BCUT2D eigenvalue weighted by molar-refractivity contribution is 9.10. The lowest BCUT2D eigenvalue weighted by Gasteiger charge is -2.20. The SMILES string of the molecule is COCC(O)CN(C)C(=O)Nc1ccc(Br)cc1. The van der Waals surface area contributed by atoms with Crippen LogP contribution in [0, 0.1) is 0 Å². The minimum atomic E-state index is -0.685. The van der Waals surface area contributed by atoms with Gasteiger partial charge in [0.15, 0.2) is 0 Å². The van der Waals surface area contributed by atoms with Crippen LogP contribution in [0.25, 0.3) is 0 Å². The zero-order chi connectivity index (χ0) is 13.5. The van der Waals surface area contributed by atoms with Crippen LogP contribution in [-0.2, 0) is 4.74 Å². The molecule has 18 heavy (non-hydrogen) atoms. The number of hydrogen-bond acceptors (Lipinski definition) is 3. The number of likely N-dealkylation sites (N-methyl/N-ethyl adjacent to an activating group) is 1. The van der Waals surface area contributed by atoms with Gasteiger partial charge in [0.25, 0.3) is 0 Å². The summed E-state index contributed by atoms with van der Waals surface area (Å²) in [6.45, 7) is 0.423. The third-order valence-electron chi connectivity index (χ3n) is 2.29. The first-order chi connectivity index (χ1) is 8.52. The van der Waals surface area contributed by atoms with Gasteiger partial charge in [0, 0.05) is 24.3 Å². The Kier molecular flexibility index (Phi) is 6.11. The number of ether oxygens (including phenoxy) is 1. The van der Waals surface area contributed by atoms with Crippen molar-refractivity contribution in [3.05, 3.63) is 28.7 Å². The van der Waals surface area contributed by atoms with E-state index < -0.39 is 6.10 Å². The van der Waals surface area contributed by atoms with Gasteiger partial charge in [0.05, 0.1) is 19.3 Å². The summed E-state index contributed by atoms with van der Waals surface area (Å²) in [5.74, 6) is 0. The highest BCUT2D eigenvalue weighted by atomic mass is 79.9. The van der Waals surface area contributed by atoms with Crippen LogP contribution in [0.1, 0.15) is 0 Å². The van der Waals surface area contributed by atoms with Crippen molar-refractivity contribution < 1.29 is 14.6 Å². The molecule has 2 N–H and O–H groups in total. The van der Waals surface area contributed by atoms with Crippen LogP contribution < -0.4 is 5.32 Å². The second-order valence-corrected chi connectivity index (χ2v) is 4.84. The van der Waals surface area contributed by atoms with Gasteiger partial charge in [-0.1, -0.05) is 15.9 Å². The van der Waals surface area contributed by atoms with Crippen molar-refractivity contribution in [1.82, 2.24) is 4.90 Å². The molecule has 0 fully saturated rings. The van der Waals surface area contributed by atoms with Gasteiger partial charge in [-0.05, 0) is 24.3 Å². The summed E-state index contributed by atoms with van der Waals surface area (Å²) >= 11 is 3.32. The summed E-state index contributed by atoms with van der Waals surface area (Å²) in [5.41, 5.74) is 0.705. The lowest BCUT2D eigenvalue weighted by Crippen LogP contribution is -2.38. The quantitative estimate of drug-likeness (QED) is 0.872. The molecule has 6 heteroatoms. The Morgan fingerprint density at radius 2 is 2.11 bits per heavy atom. The van der Waals surface area contributed by atoms with E-state index in [-0.39, 0.29) is 19.2 Å². The largest absolute Gasteiger partial charge is 0.389 e. The standard InChI is InChI=1S/C12H17BrN2O3/c1-15(7-11(16)8-18-2)12(17)14-10-5-3-9(13)4-6-10/h3-6,11,16H,7-8H2,1-2H3,(H,14,17). The van der Waals surface area contributed by atoms with Crippen LogP contribution in [0.2, 0.25) is 0 Å². The lowest BCUT2D eigenvalue weighted by molar-refractivity contribution is 0.0501. The molecule has 1 aromatic rings. The number of rotatable bonds is 5. The zero-order valence-corrected chi connectivity index (χ0v) is 12.0. The van der Waals surface area contributed by atoms with Gasteiger partial charge in [-0.3, -0.25) is 0 Å². The predicted molar refractivity (Wildman–Crippen MR) is 73.7 cm³/mol. The summed E-state index contributed by atoms with van der Waals surface area (Å²) in [7, 11) is 3.12. The molecule has 0 aromatic heterocycles. The molecule has 100 valence electrons. The number of hydrogen-bond donors (Lipinski definition) is 2. The number of carbonyl (C=O) groups is 1. The number of aliphatic hydroxyl groups excluding tert-OH is 1. The number of benzene rings is 1. The highest BCUT2D eigenvalue weighted by Crippen LogP contribution is 2.14. The van der Waals surface area contributed by atoms with Crippen molar-refractivity contribution in [2.24, 2.45) is 0 Å². The molecule has 0 radical (unpaired) electrons. The average molecular weight is 317 g/mol. The molecule has 0 saturated heterocycles. The second-order valence-electron chi connectivity index (χ2n) is 3.93. The van der Waals surface area contributed by atoms with E-state index in [1.165, 1.54) is 12.0 Å². The fraction of sp³-hybridized carbons (Fsp3) is 0.417. The Morgan fingerprint density at radius 1 is 1.50 bits per heavy atom. The van der Waals surface area contributed by atoms with Crippen molar-refractivity contribution in [3.63, 3.8) is 0 Å². The van der Waals surface area contributed by atoms with Gasteiger partial charge in [-0.15, -0.1) is 0 Å². The molecule has 0 spiro atoms. The number of halogens is 1. The molecule has 1 atom stereocenters. The van der Waals surface area contributed by atoms with Crippen LogP contribution >= 0.6 is 15.9 Å². The Morgan fingerprint density at radius 3 is 2.67 bits per heavy atom. The Balaban J connectivity index is 2.46. The number of methoxy groups -OCH3 is 1. The first-order valence-electron chi connectivity index (χ1n) is 5.47. The topological polar surface area (TPSA) is 61.8 Å². The highest BCUT2D eigenvalue weighted by Gasteiger charge is 2.13. The summed E-state index contributed by atoms with van der Waals surface area (Å²) in [6, 6.07) is 7.00. The van der Waals surface area contributed by atoms with Gasteiger partial charge < -0.3 is 20.1 Å². The Hall–Kier alpha value is -1.11. The van der Waals surface area contributed by atoms with E-state index in [0.717, 1.165) is 4.47 Å². The van der Waals surface area contributed by atoms with Crippen LogP contribution in [0.3, 0.4) is 0 Å². The van der Waals surface area contributed by atoms with Crippen molar-refractivity contribution >= 4 is 27.6 Å². The van der Waals surface area contributed by atoms with Crippen molar-refractivity contribution in [2.45, 2.75) is 6.10 Å². The van der Waals surface area contributed by atoms with E-state index in [1.54, 1.807) is 19.2 Å². The lowest BCUT2D eigenvalue weighted by atomic mass is 10.3. The van der Waals surface area contributed by atoms with Crippen LogP contribution in [0.15, 0.2) is 28.7 Å². The third kappa shape index (κ3) is 5.03. The Labute approximate surface area is 115 Å². The van der Waals surface area contributed by atoms with Crippen LogP contribution in [0.4, 0.5) is 10.5 Å². The minimum Gasteiger partial charge on any atom is -0.389 e. The van der Waals surface area contributed by atoms with Gasteiger partial charge in [0.1, 0.15) is 0 Å². The average Bonchev–Trinajstić information content (AvgIpc) is 2.32. The monoisotopic (exact) mass is 316 g/mol. The van der Waals surface area contributed by atoms with E-state index in [0.29, 0.717) is 5.69 Å². The molecule has 0 aliphatic rings. The molecule has 1 rings (SSSR count). The van der Waals surface area contributed by atoms with Crippen LogP contribution in [0.5, 0.6) is 0 Å². The molecule has 1 aromatic carbocycles. The fourth-order valence-electron chi connectivity index (χ4n) is 1.40. The zero-order valence-electron chi connectivity index (χ0n) is 10.4. The number of anilines is 1. The second kappa shape index (κ2) is 7.35. The minimum absolute atomic E-state index is 0.204. The summed E-state index contributed by atoms with van der Waals surface area (Å²) < 4.78 is 5.75. The number of amides is 2. The number of urea groups is 1. The van der Waals surface area contributed by atoms with Gasteiger partial charge >= 0.3 is 6.03 Å². The molecule has 0 saturated carbocycles. The van der Waals surface area contributed by atoms with Crippen LogP contribution in [-0.4, -0.2) is 49.5 Å². The van der Waals surface area contributed by atoms with Gasteiger partial charge in [-0.25, -0.2) is 4.79 Å². The number of nitrogens with one attached hydrogen (secondary N) is 1. The molecule has 0 aliphatic heterocycles. The maximum Gasteiger partial charge on any atom is 0.321 e.